The zero-order chi connectivity index (χ0) is 20.5. The van der Waals surface area contributed by atoms with E-state index in [4.69, 9.17) is 23.2 Å². The highest BCUT2D eigenvalue weighted by Gasteiger charge is 2.29. The summed E-state index contributed by atoms with van der Waals surface area (Å²) in [6, 6.07) is 8.74. The second kappa shape index (κ2) is 7.98. The Kier molecular flexibility index (Phi) is 5.83. The molecule has 28 heavy (non-hydrogen) atoms. The van der Waals surface area contributed by atoms with E-state index in [0.29, 0.717) is 18.7 Å². The van der Waals surface area contributed by atoms with Crippen molar-refractivity contribution < 1.29 is 22.7 Å². The summed E-state index contributed by atoms with van der Waals surface area (Å²) in [4.78, 5) is 24.4. The Balaban J connectivity index is 1.90. The number of amides is 1. The summed E-state index contributed by atoms with van der Waals surface area (Å²) in [6.07, 6.45) is 0.519. The molecule has 1 amide bonds. The van der Waals surface area contributed by atoms with Gasteiger partial charge in [0, 0.05) is 17.3 Å². The maximum absolute atomic E-state index is 12.7. The predicted molar refractivity (Wildman–Crippen MR) is 108 cm³/mol. The van der Waals surface area contributed by atoms with E-state index >= 15 is 0 Å². The molecule has 7 nitrogen and oxygen atoms in total. The number of ether oxygens (including phenoxy) is 1. The molecular weight excluding hydrogens is 427 g/mol. The summed E-state index contributed by atoms with van der Waals surface area (Å²) < 4.78 is 30.2. The minimum atomic E-state index is -3.39. The van der Waals surface area contributed by atoms with Crippen LogP contribution in [0.5, 0.6) is 0 Å². The van der Waals surface area contributed by atoms with E-state index in [2.05, 4.69) is 10.1 Å². The Bertz CT molecular complexity index is 1060. The molecule has 0 aliphatic carbocycles. The van der Waals surface area contributed by atoms with Crippen LogP contribution in [0.15, 0.2) is 36.4 Å². The highest BCUT2D eigenvalue weighted by molar-refractivity contribution is 7.93. The molecular formula is C18H16Cl2N2O5S. The lowest BCUT2D eigenvalue weighted by Gasteiger charge is -2.18. The van der Waals surface area contributed by atoms with Crippen molar-refractivity contribution in [3.63, 3.8) is 0 Å². The summed E-state index contributed by atoms with van der Waals surface area (Å²) in [5.41, 5.74) is 0.913. The number of rotatable bonds is 4. The van der Waals surface area contributed by atoms with Gasteiger partial charge in [0.15, 0.2) is 0 Å². The van der Waals surface area contributed by atoms with Gasteiger partial charge in [-0.15, -0.1) is 0 Å². The van der Waals surface area contributed by atoms with Crippen LogP contribution >= 0.6 is 23.2 Å². The number of nitrogens with zero attached hydrogens (tertiary/aromatic N) is 1. The van der Waals surface area contributed by atoms with Gasteiger partial charge in [0.2, 0.25) is 10.0 Å². The Morgan fingerprint density at radius 1 is 1.14 bits per heavy atom. The molecule has 0 saturated carbocycles. The van der Waals surface area contributed by atoms with Crippen LogP contribution in [0.4, 0.5) is 11.4 Å². The van der Waals surface area contributed by atoms with E-state index in [9.17, 15) is 18.0 Å². The quantitative estimate of drug-likeness (QED) is 0.730. The first-order chi connectivity index (χ1) is 13.2. The predicted octanol–water partition coefficient (Wildman–Crippen LogP) is 3.57. The SMILES string of the molecule is COC(=O)c1cc(Cl)cc(NC(=O)c2cc(N3CCCS3(=O)=O)ccc2Cl)c1. The van der Waals surface area contributed by atoms with Gasteiger partial charge in [0.1, 0.15) is 0 Å². The summed E-state index contributed by atoms with van der Waals surface area (Å²) in [6.45, 7) is 0.349. The number of esters is 1. The molecule has 0 aromatic heterocycles. The molecule has 1 heterocycles. The summed E-state index contributed by atoms with van der Waals surface area (Å²) in [5, 5.41) is 3.01. The molecule has 2 aromatic carbocycles. The topological polar surface area (TPSA) is 92.8 Å². The van der Waals surface area contributed by atoms with Crippen molar-refractivity contribution in [2.24, 2.45) is 0 Å². The minimum Gasteiger partial charge on any atom is -0.465 e. The van der Waals surface area contributed by atoms with Crippen LogP contribution in [0.2, 0.25) is 10.0 Å². The molecule has 3 rings (SSSR count). The van der Waals surface area contributed by atoms with Crippen LogP contribution < -0.4 is 9.62 Å². The highest BCUT2D eigenvalue weighted by atomic mass is 35.5. The zero-order valence-corrected chi connectivity index (χ0v) is 17.1. The van der Waals surface area contributed by atoms with Crippen LogP contribution in [0.25, 0.3) is 0 Å². The van der Waals surface area contributed by atoms with Crippen molar-refractivity contribution in [2.45, 2.75) is 6.42 Å². The van der Waals surface area contributed by atoms with Gasteiger partial charge < -0.3 is 10.1 Å². The first-order valence-corrected chi connectivity index (χ1v) is 10.6. The molecule has 1 aliphatic heterocycles. The van der Waals surface area contributed by atoms with Gasteiger partial charge in [0.25, 0.3) is 5.91 Å². The number of halogens is 2. The monoisotopic (exact) mass is 442 g/mol. The number of hydrogen-bond donors (Lipinski definition) is 1. The van der Waals surface area contributed by atoms with Crippen molar-refractivity contribution in [2.75, 3.05) is 29.0 Å². The summed E-state index contributed by atoms with van der Waals surface area (Å²) in [5.74, 6) is -1.10. The molecule has 148 valence electrons. The van der Waals surface area contributed by atoms with Gasteiger partial charge in [-0.1, -0.05) is 23.2 Å². The lowest BCUT2D eigenvalue weighted by molar-refractivity contribution is 0.0600. The average molecular weight is 443 g/mol. The van der Waals surface area contributed by atoms with E-state index in [1.54, 1.807) is 6.07 Å². The number of carbonyl (C=O) groups is 2. The smallest absolute Gasteiger partial charge is 0.337 e. The van der Waals surface area contributed by atoms with Gasteiger partial charge in [0.05, 0.1) is 34.7 Å². The number of hydrogen-bond acceptors (Lipinski definition) is 5. The molecule has 1 saturated heterocycles. The number of anilines is 2. The van der Waals surface area contributed by atoms with E-state index in [1.807, 2.05) is 0 Å². The lowest BCUT2D eigenvalue weighted by Crippen LogP contribution is -2.25. The molecule has 10 heteroatoms. The Morgan fingerprint density at radius 2 is 1.89 bits per heavy atom. The van der Waals surface area contributed by atoms with Crippen LogP contribution in [0.1, 0.15) is 27.1 Å². The van der Waals surface area contributed by atoms with E-state index in [0.717, 1.165) is 0 Å². The number of methoxy groups -OCH3 is 1. The molecule has 0 unspecified atom stereocenters. The fraction of sp³-hybridized carbons (Fsp3) is 0.222. The zero-order valence-electron chi connectivity index (χ0n) is 14.7. The molecule has 0 radical (unpaired) electrons. The fourth-order valence-corrected chi connectivity index (χ4v) is 4.86. The average Bonchev–Trinajstić information content (AvgIpc) is 3.00. The van der Waals surface area contributed by atoms with E-state index < -0.39 is 21.9 Å². The van der Waals surface area contributed by atoms with Gasteiger partial charge in [-0.2, -0.15) is 0 Å². The fourth-order valence-electron chi connectivity index (χ4n) is 2.87. The van der Waals surface area contributed by atoms with Crippen molar-refractivity contribution in [1.29, 1.82) is 0 Å². The Hall–Kier alpha value is -2.29. The molecule has 0 bridgehead atoms. The maximum atomic E-state index is 12.7. The number of benzene rings is 2. The van der Waals surface area contributed by atoms with Crippen LogP contribution in [0, 0.1) is 0 Å². The summed E-state index contributed by atoms with van der Waals surface area (Å²) in [7, 11) is -2.15. The number of carbonyl (C=O) groups excluding carboxylic acids is 2. The molecule has 0 atom stereocenters. The van der Waals surface area contributed by atoms with Crippen molar-refractivity contribution in [1.82, 2.24) is 0 Å². The van der Waals surface area contributed by atoms with Crippen LogP contribution in [0.3, 0.4) is 0 Å². The third-order valence-corrected chi connectivity index (χ3v) is 6.58. The first-order valence-electron chi connectivity index (χ1n) is 8.21. The highest BCUT2D eigenvalue weighted by Crippen LogP contribution is 2.29. The Morgan fingerprint density at radius 3 is 2.54 bits per heavy atom. The first kappa shape index (κ1) is 20.4. The summed E-state index contributed by atoms with van der Waals surface area (Å²) >= 11 is 12.1. The Labute approximate surface area is 172 Å². The number of nitrogens with one attached hydrogen (secondary N) is 1. The molecule has 1 fully saturated rings. The normalized spacial score (nSPS) is 15.3. The molecule has 1 aliphatic rings. The molecule has 1 N–H and O–H groups in total. The van der Waals surface area contributed by atoms with Crippen molar-refractivity contribution in [3.05, 3.63) is 57.6 Å². The van der Waals surface area contributed by atoms with Gasteiger partial charge >= 0.3 is 5.97 Å². The standard InChI is InChI=1S/C18H16Cl2N2O5S/c1-27-18(24)11-7-12(19)9-13(8-11)21-17(23)15-10-14(3-4-16(15)20)22-5-2-6-28(22,25)26/h3-4,7-10H,2,5-6H2,1H3,(H,21,23). The van der Waals surface area contributed by atoms with E-state index in [-0.39, 0.29) is 32.6 Å². The van der Waals surface area contributed by atoms with Crippen LogP contribution in [-0.2, 0) is 14.8 Å². The second-order valence-electron chi connectivity index (χ2n) is 6.08. The maximum Gasteiger partial charge on any atom is 0.337 e. The van der Waals surface area contributed by atoms with Gasteiger partial charge in [-0.3, -0.25) is 9.10 Å². The number of sulfonamides is 1. The largest absolute Gasteiger partial charge is 0.465 e. The molecule has 0 spiro atoms. The minimum absolute atomic E-state index is 0.0655. The molecule has 2 aromatic rings. The third kappa shape index (κ3) is 4.24. The lowest BCUT2D eigenvalue weighted by atomic mass is 10.1. The van der Waals surface area contributed by atoms with Crippen LogP contribution in [-0.4, -0.2) is 39.7 Å². The van der Waals surface area contributed by atoms with Crippen molar-refractivity contribution in [3.8, 4) is 0 Å². The van der Waals surface area contributed by atoms with Crippen molar-refractivity contribution >= 4 is 56.5 Å². The van der Waals surface area contributed by atoms with E-state index in [1.165, 1.54) is 41.7 Å². The second-order valence-corrected chi connectivity index (χ2v) is 8.94. The third-order valence-electron chi connectivity index (χ3n) is 4.16. The van der Waals surface area contributed by atoms with Gasteiger partial charge in [-0.05, 0) is 42.8 Å². The van der Waals surface area contributed by atoms with Gasteiger partial charge in [-0.25, -0.2) is 13.2 Å².